The minimum absolute atomic E-state index is 0.331. The second-order valence-corrected chi connectivity index (χ2v) is 6.87. The molecule has 1 saturated heterocycles. The average molecular weight is 318 g/mol. The summed E-state index contributed by atoms with van der Waals surface area (Å²) in [7, 11) is 0. The molecular weight excluding hydrogens is 302 g/mol. The number of hydrogen-bond donors (Lipinski definition) is 1. The highest BCUT2D eigenvalue weighted by molar-refractivity contribution is 9.11. The van der Waals surface area contributed by atoms with E-state index in [-0.39, 0.29) is 0 Å². The molecule has 0 radical (unpaired) electrons. The van der Waals surface area contributed by atoms with Gasteiger partial charge in [-0.15, -0.1) is 11.3 Å². The quantitative estimate of drug-likeness (QED) is 0.927. The lowest BCUT2D eigenvalue weighted by Gasteiger charge is -2.30. The van der Waals surface area contributed by atoms with Crippen LogP contribution < -0.4 is 0 Å². The molecule has 1 fully saturated rings. The van der Waals surface area contributed by atoms with Crippen LogP contribution in [0.1, 0.15) is 24.8 Å². The summed E-state index contributed by atoms with van der Waals surface area (Å²) in [6.07, 6.45) is 2.35. The Balaban J connectivity index is 1.77. The summed E-state index contributed by atoms with van der Waals surface area (Å²) in [5.74, 6) is -0.289. The van der Waals surface area contributed by atoms with Gasteiger partial charge in [0, 0.05) is 13.0 Å². The van der Waals surface area contributed by atoms with Gasteiger partial charge in [-0.05, 0) is 64.8 Å². The van der Waals surface area contributed by atoms with E-state index in [4.69, 9.17) is 5.11 Å². The fourth-order valence-electron chi connectivity index (χ4n) is 2.28. The van der Waals surface area contributed by atoms with Crippen LogP contribution in [-0.4, -0.2) is 29.1 Å². The van der Waals surface area contributed by atoms with Crippen molar-refractivity contribution in [3.8, 4) is 0 Å². The highest BCUT2D eigenvalue weighted by atomic mass is 79.9. The van der Waals surface area contributed by atoms with E-state index < -0.39 is 5.97 Å². The molecule has 0 unspecified atom stereocenters. The summed E-state index contributed by atoms with van der Waals surface area (Å²) in [5, 5.41) is 10.9. The fraction of sp³-hybridized carbons (Fsp3) is 0.583. The third-order valence-corrected chi connectivity index (χ3v) is 4.75. The maximum Gasteiger partial charge on any atom is 0.303 e. The molecule has 5 heteroatoms. The molecule has 0 aliphatic carbocycles. The number of rotatable bonds is 4. The molecule has 2 heterocycles. The molecule has 3 nitrogen and oxygen atoms in total. The van der Waals surface area contributed by atoms with Gasteiger partial charge in [0.05, 0.1) is 3.79 Å². The van der Waals surface area contributed by atoms with Crippen LogP contribution >= 0.6 is 27.3 Å². The number of likely N-dealkylation sites (tertiary alicyclic amines) is 1. The number of aliphatic carboxylic acids is 1. The number of nitrogens with zero attached hydrogens (tertiary/aromatic N) is 1. The van der Waals surface area contributed by atoms with Gasteiger partial charge < -0.3 is 5.11 Å². The molecular formula is C12H16BrNO2S. The Kier molecular flexibility index (Phi) is 4.59. The Morgan fingerprint density at radius 2 is 2.24 bits per heavy atom. The number of carboxylic acid groups (broad SMARTS) is 1. The van der Waals surface area contributed by atoms with E-state index >= 15 is 0 Å². The average Bonchev–Trinajstić information content (AvgIpc) is 2.66. The lowest BCUT2D eigenvalue weighted by Crippen LogP contribution is -2.33. The topological polar surface area (TPSA) is 40.5 Å². The fourth-order valence-corrected chi connectivity index (χ4v) is 3.48. The van der Waals surface area contributed by atoms with E-state index in [9.17, 15) is 4.79 Å². The second kappa shape index (κ2) is 5.98. The molecule has 0 amide bonds. The highest BCUT2D eigenvalue weighted by Gasteiger charge is 2.21. The normalized spacial score (nSPS) is 18.4. The van der Waals surface area contributed by atoms with Crippen LogP contribution in [-0.2, 0) is 11.3 Å². The summed E-state index contributed by atoms with van der Waals surface area (Å²) in [4.78, 5) is 13.0. The molecule has 0 bridgehead atoms. The van der Waals surface area contributed by atoms with E-state index in [0.717, 1.165) is 32.5 Å². The Hall–Kier alpha value is -0.390. The summed E-state index contributed by atoms with van der Waals surface area (Å²) in [6.45, 7) is 3.03. The van der Waals surface area contributed by atoms with Crippen LogP contribution in [0.15, 0.2) is 15.2 Å². The van der Waals surface area contributed by atoms with Crippen molar-refractivity contribution in [3.63, 3.8) is 0 Å². The van der Waals surface area contributed by atoms with Gasteiger partial charge >= 0.3 is 5.97 Å². The van der Waals surface area contributed by atoms with Gasteiger partial charge in [-0.1, -0.05) is 0 Å². The minimum atomic E-state index is -0.662. The van der Waals surface area contributed by atoms with Gasteiger partial charge in [0.15, 0.2) is 0 Å². The standard InChI is InChI=1S/C12H16BrNO2S/c13-11-5-10(8-17-11)7-14-3-1-9(2-4-14)6-12(15)16/h5,8-9H,1-4,6-7H2,(H,15,16). The number of piperidine rings is 1. The first-order valence-corrected chi connectivity index (χ1v) is 7.48. The molecule has 1 aliphatic rings. The number of carboxylic acids is 1. The van der Waals surface area contributed by atoms with Gasteiger partial charge in [0.1, 0.15) is 0 Å². The Labute approximate surface area is 114 Å². The third-order valence-electron chi connectivity index (χ3n) is 3.20. The largest absolute Gasteiger partial charge is 0.481 e. The summed E-state index contributed by atoms with van der Waals surface area (Å²) >= 11 is 5.18. The molecule has 1 aliphatic heterocycles. The number of hydrogen-bond acceptors (Lipinski definition) is 3. The molecule has 1 aromatic heterocycles. The first-order valence-electron chi connectivity index (χ1n) is 5.80. The van der Waals surface area contributed by atoms with Gasteiger partial charge in [0.2, 0.25) is 0 Å². The van der Waals surface area contributed by atoms with Gasteiger partial charge in [-0.25, -0.2) is 0 Å². The molecule has 0 spiro atoms. The third kappa shape index (κ3) is 4.08. The molecule has 0 atom stereocenters. The van der Waals surface area contributed by atoms with E-state index in [1.54, 1.807) is 11.3 Å². The predicted molar refractivity (Wildman–Crippen MR) is 72.3 cm³/mol. The molecule has 0 aromatic carbocycles. The lowest BCUT2D eigenvalue weighted by atomic mass is 9.93. The Morgan fingerprint density at radius 1 is 1.53 bits per heavy atom. The molecule has 17 heavy (non-hydrogen) atoms. The minimum Gasteiger partial charge on any atom is -0.481 e. The number of halogens is 1. The smallest absolute Gasteiger partial charge is 0.303 e. The first kappa shape index (κ1) is 13.1. The number of thiophene rings is 1. The van der Waals surface area contributed by atoms with Crippen molar-refractivity contribution in [2.45, 2.75) is 25.8 Å². The molecule has 2 rings (SSSR count). The van der Waals surface area contributed by atoms with Crippen LogP contribution in [0.3, 0.4) is 0 Å². The SMILES string of the molecule is O=C(O)CC1CCN(Cc2csc(Br)c2)CC1. The number of carbonyl (C=O) groups is 1. The zero-order chi connectivity index (χ0) is 12.3. The zero-order valence-electron chi connectivity index (χ0n) is 9.56. The highest BCUT2D eigenvalue weighted by Crippen LogP contribution is 2.25. The Bertz CT molecular complexity index is 386. The van der Waals surface area contributed by atoms with Crippen molar-refractivity contribution in [1.82, 2.24) is 4.90 Å². The van der Waals surface area contributed by atoms with Crippen molar-refractivity contribution in [3.05, 3.63) is 20.8 Å². The van der Waals surface area contributed by atoms with E-state index in [0.29, 0.717) is 12.3 Å². The maximum atomic E-state index is 10.6. The van der Waals surface area contributed by atoms with E-state index in [1.807, 2.05) is 0 Å². The van der Waals surface area contributed by atoms with E-state index in [1.165, 1.54) is 9.35 Å². The second-order valence-electron chi connectivity index (χ2n) is 4.58. The van der Waals surface area contributed by atoms with Gasteiger partial charge in [0.25, 0.3) is 0 Å². The van der Waals surface area contributed by atoms with Crippen molar-refractivity contribution in [1.29, 1.82) is 0 Å². The lowest BCUT2D eigenvalue weighted by molar-refractivity contribution is -0.138. The van der Waals surface area contributed by atoms with Crippen molar-refractivity contribution < 1.29 is 9.90 Å². The van der Waals surface area contributed by atoms with Crippen molar-refractivity contribution >= 4 is 33.2 Å². The Morgan fingerprint density at radius 3 is 2.76 bits per heavy atom. The van der Waals surface area contributed by atoms with Gasteiger partial charge in [-0.2, -0.15) is 0 Å². The van der Waals surface area contributed by atoms with Crippen LogP contribution in [0.2, 0.25) is 0 Å². The summed E-state index contributed by atoms with van der Waals surface area (Å²) in [5.41, 5.74) is 1.35. The summed E-state index contributed by atoms with van der Waals surface area (Å²) < 4.78 is 1.17. The first-order chi connectivity index (χ1) is 8.13. The molecule has 0 saturated carbocycles. The predicted octanol–water partition coefficient (Wildman–Crippen LogP) is 3.20. The van der Waals surface area contributed by atoms with Gasteiger partial charge in [-0.3, -0.25) is 9.69 Å². The molecule has 1 N–H and O–H groups in total. The molecule has 1 aromatic rings. The van der Waals surface area contributed by atoms with Crippen LogP contribution in [0, 0.1) is 5.92 Å². The van der Waals surface area contributed by atoms with E-state index in [2.05, 4.69) is 32.3 Å². The van der Waals surface area contributed by atoms with Crippen LogP contribution in [0.4, 0.5) is 0 Å². The zero-order valence-corrected chi connectivity index (χ0v) is 12.0. The van der Waals surface area contributed by atoms with Crippen LogP contribution in [0.5, 0.6) is 0 Å². The van der Waals surface area contributed by atoms with Crippen molar-refractivity contribution in [2.24, 2.45) is 5.92 Å². The monoisotopic (exact) mass is 317 g/mol. The molecule has 94 valence electrons. The van der Waals surface area contributed by atoms with Crippen molar-refractivity contribution in [2.75, 3.05) is 13.1 Å². The summed E-state index contributed by atoms with van der Waals surface area (Å²) in [6, 6.07) is 2.16. The maximum absolute atomic E-state index is 10.6. The van der Waals surface area contributed by atoms with Crippen LogP contribution in [0.25, 0.3) is 0 Å².